The maximum atomic E-state index is 12.7. The summed E-state index contributed by atoms with van der Waals surface area (Å²) in [6, 6.07) is 4.95. The number of rotatable bonds is 3. The Balaban J connectivity index is 1.88. The van der Waals surface area contributed by atoms with Crippen molar-refractivity contribution in [3.63, 3.8) is 0 Å². The molecule has 22 heavy (non-hydrogen) atoms. The van der Waals surface area contributed by atoms with Gasteiger partial charge in [0, 0.05) is 13.1 Å². The van der Waals surface area contributed by atoms with Crippen LogP contribution >= 0.6 is 11.3 Å². The van der Waals surface area contributed by atoms with Crippen LogP contribution in [0.25, 0.3) is 10.2 Å². The highest BCUT2D eigenvalue weighted by Gasteiger charge is 2.36. The molecule has 0 unspecified atom stereocenters. The zero-order chi connectivity index (χ0) is 16.0. The van der Waals surface area contributed by atoms with E-state index in [2.05, 4.69) is 4.98 Å². The van der Waals surface area contributed by atoms with E-state index in [1.165, 1.54) is 15.6 Å². The Morgan fingerprint density at radius 3 is 2.68 bits per heavy atom. The summed E-state index contributed by atoms with van der Waals surface area (Å²) < 4.78 is 27.6. The normalized spacial score (nSPS) is 19.6. The van der Waals surface area contributed by atoms with Crippen molar-refractivity contribution in [3.8, 4) is 0 Å². The monoisotopic (exact) mass is 342 g/mol. The van der Waals surface area contributed by atoms with E-state index in [-0.39, 0.29) is 37.4 Å². The zero-order valence-corrected chi connectivity index (χ0v) is 13.8. The molecular formula is C14H18N2O4S2. The minimum Gasteiger partial charge on any atom is -0.393 e. The lowest BCUT2D eigenvalue weighted by Gasteiger charge is -2.36. The molecule has 1 aromatic carbocycles. The number of aliphatic hydroxyl groups excluding tert-OH is 1. The molecule has 0 spiro atoms. The highest BCUT2D eigenvalue weighted by atomic mass is 32.2. The molecule has 2 heterocycles. The average molecular weight is 342 g/mol. The van der Waals surface area contributed by atoms with E-state index in [0.717, 1.165) is 15.2 Å². The third kappa shape index (κ3) is 2.77. The fourth-order valence-corrected chi connectivity index (χ4v) is 5.04. The number of piperidine rings is 1. The van der Waals surface area contributed by atoms with Crippen LogP contribution < -0.4 is 0 Å². The minimum atomic E-state index is -3.58. The van der Waals surface area contributed by atoms with Crippen LogP contribution in [0.4, 0.5) is 0 Å². The summed E-state index contributed by atoms with van der Waals surface area (Å²) >= 11 is 1.47. The molecule has 120 valence electrons. The number of benzene rings is 1. The second-order valence-electron chi connectivity index (χ2n) is 5.65. The summed E-state index contributed by atoms with van der Waals surface area (Å²) in [5.41, 5.74) is -0.361. The van der Waals surface area contributed by atoms with Gasteiger partial charge in [0.1, 0.15) is 0 Å². The number of aliphatic hydroxyl groups is 2. The number of aryl methyl sites for hydroxylation is 1. The van der Waals surface area contributed by atoms with Gasteiger partial charge in [0.15, 0.2) is 0 Å². The number of fused-ring (bicyclic) bond motifs is 1. The molecule has 6 nitrogen and oxygen atoms in total. The number of thiazole rings is 1. The Bertz CT molecular complexity index is 792. The summed E-state index contributed by atoms with van der Waals surface area (Å²) in [6.45, 7) is 1.96. The van der Waals surface area contributed by atoms with Crippen LogP contribution in [0.1, 0.15) is 17.8 Å². The molecule has 1 saturated heterocycles. The van der Waals surface area contributed by atoms with Gasteiger partial charge in [0.25, 0.3) is 0 Å². The van der Waals surface area contributed by atoms with Gasteiger partial charge >= 0.3 is 0 Å². The molecule has 0 amide bonds. The van der Waals surface area contributed by atoms with Gasteiger partial charge in [0.2, 0.25) is 10.0 Å². The van der Waals surface area contributed by atoms with E-state index in [1.54, 1.807) is 18.2 Å². The number of nitrogens with zero attached hydrogens (tertiary/aromatic N) is 2. The molecule has 2 aromatic rings. The molecule has 1 fully saturated rings. The molecule has 8 heteroatoms. The standard InChI is InChI=1S/C14H18N2O4S2/c1-10-15-12-3-2-11(8-13(12)21-10)22(19,20)16-6-4-14(18,9-17)5-7-16/h2-3,8,17-18H,4-7,9H2,1H3. The molecule has 0 aliphatic carbocycles. The Morgan fingerprint density at radius 2 is 2.05 bits per heavy atom. The smallest absolute Gasteiger partial charge is 0.243 e. The van der Waals surface area contributed by atoms with Crippen molar-refractivity contribution in [2.24, 2.45) is 0 Å². The Morgan fingerprint density at radius 1 is 1.36 bits per heavy atom. The van der Waals surface area contributed by atoms with Gasteiger partial charge in [0.05, 0.1) is 32.3 Å². The molecule has 0 saturated carbocycles. The molecule has 0 radical (unpaired) electrons. The lowest BCUT2D eigenvalue weighted by Crippen LogP contribution is -2.48. The van der Waals surface area contributed by atoms with Crippen molar-refractivity contribution in [3.05, 3.63) is 23.2 Å². The molecule has 2 N–H and O–H groups in total. The van der Waals surface area contributed by atoms with Crippen molar-refractivity contribution in [2.75, 3.05) is 19.7 Å². The van der Waals surface area contributed by atoms with E-state index in [9.17, 15) is 13.5 Å². The van der Waals surface area contributed by atoms with Crippen LogP contribution in [0.3, 0.4) is 0 Å². The molecule has 0 bridgehead atoms. The fourth-order valence-electron chi connectivity index (χ4n) is 2.63. The summed E-state index contributed by atoms with van der Waals surface area (Å²) in [5.74, 6) is 0. The van der Waals surface area contributed by atoms with Crippen LogP contribution in [0.15, 0.2) is 23.1 Å². The molecule has 0 atom stereocenters. The van der Waals surface area contributed by atoms with E-state index < -0.39 is 15.6 Å². The van der Waals surface area contributed by atoms with Gasteiger partial charge in [-0.15, -0.1) is 11.3 Å². The maximum Gasteiger partial charge on any atom is 0.243 e. The summed E-state index contributed by atoms with van der Waals surface area (Å²) in [4.78, 5) is 4.58. The molecule has 1 aliphatic heterocycles. The Labute approximate surface area is 133 Å². The van der Waals surface area contributed by atoms with Crippen LogP contribution in [-0.4, -0.2) is 53.2 Å². The van der Waals surface area contributed by atoms with Gasteiger partial charge in [-0.3, -0.25) is 0 Å². The van der Waals surface area contributed by atoms with Gasteiger partial charge < -0.3 is 10.2 Å². The first-order chi connectivity index (χ1) is 10.3. The quantitative estimate of drug-likeness (QED) is 0.872. The topological polar surface area (TPSA) is 90.7 Å². The predicted molar refractivity (Wildman–Crippen MR) is 84.4 cm³/mol. The minimum absolute atomic E-state index is 0.207. The zero-order valence-electron chi connectivity index (χ0n) is 12.2. The first-order valence-corrected chi connectivity index (χ1v) is 9.30. The van der Waals surface area contributed by atoms with E-state index in [1.807, 2.05) is 6.92 Å². The predicted octanol–water partition coefficient (Wildman–Crippen LogP) is 1.11. The van der Waals surface area contributed by atoms with Crippen LogP contribution in [0, 0.1) is 6.92 Å². The number of sulfonamides is 1. The van der Waals surface area contributed by atoms with Crippen LogP contribution in [0.5, 0.6) is 0 Å². The van der Waals surface area contributed by atoms with Gasteiger partial charge in [-0.2, -0.15) is 4.31 Å². The Kier molecular flexibility index (Phi) is 3.98. The summed E-state index contributed by atoms with van der Waals surface area (Å²) in [6.07, 6.45) is 0.481. The van der Waals surface area contributed by atoms with Gasteiger partial charge in [-0.05, 0) is 38.0 Å². The summed E-state index contributed by atoms with van der Waals surface area (Å²) in [7, 11) is -3.58. The highest BCUT2D eigenvalue weighted by Crippen LogP contribution is 2.29. The number of aromatic nitrogens is 1. The number of hydrogen-bond acceptors (Lipinski definition) is 6. The fraction of sp³-hybridized carbons (Fsp3) is 0.500. The second kappa shape index (κ2) is 5.54. The van der Waals surface area contributed by atoms with Crippen molar-refractivity contribution in [1.29, 1.82) is 0 Å². The van der Waals surface area contributed by atoms with Crippen molar-refractivity contribution in [1.82, 2.24) is 9.29 Å². The average Bonchev–Trinajstić information content (AvgIpc) is 2.86. The van der Waals surface area contributed by atoms with Crippen LogP contribution in [-0.2, 0) is 10.0 Å². The van der Waals surface area contributed by atoms with Crippen LogP contribution in [0.2, 0.25) is 0 Å². The van der Waals surface area contributed by atoms with E-state index in [4.69, 9.17) is 5.11 Å². The van der Waals surface area contributed by atoms with E-state index >= 15 is 0 Å². The van der Waals surface area contributed by atoms with E-state index in [0.29, 0.717) is 0 Å². The lowest BCUT2D eigenvalue weighted by molar-refractivity contribution is -0.0480. The van der Waals surface area contributed by atoms with Gasteiger partial charge in [-0.25, -0.2) is 13.4 Å². The third-order valence-corrected chi connectivity index (χ3v) is 6.88. The SMILES string of the molecule is Cc1nc2ccc(S(=O)(=O)N3CCC(O)(CO)CC3)cc2s1. The lowest BCUT2D eigenvalue weighted by atomic mass is 9.94. The largest absolute Gasteiger partial charge is 0.393 e. The Hall–Kier alpha value is -1.06. The first kappa shape index (κ1) is 15.8. The first-order valence-electron chi connectivity index (χ1n) is 7.05. The summed E-state index contributed by atoms with van der Waals surface area (Å²) in [5, 5.41) is 20.1. The molecule has 1 aromatic heterocycles. The van der Waals surface area contributed by atoms with Gasteiger partial charge in [-0.1, -0.05) is 0 Å². The molecule has 1 aliphatic rings. The second-order valence-corrected chi connectivity index (χ2v) is 8.82. The van der Waals surface area contributed by atoms with Crippen molar-refractivity contribution < 1.29 is 18.6 Å². The van der Waals surface area contributed by atoms with Crippen molar-refractivity contribution in [2.45, 2.75) is 30.3 Å². The number of hydrogen-bond donors (Lipinski definition) is 2. The highest BCUT2D eigenvalue weighted by molar-refractivity contribution is 7.89. The van der Waals surface area contributed by atoms with Crippen molar-refractivity contribution >= 4 is 31.6 Å². The molecule has 3 rings (SSSR count). The molecular weight excluding hydrogens is 324 g/mol. The maximum absolute atomic E-state index is 12.7. The third-order valence-electron chi connectivity index (χ3n) is 4.05.